The van der Waals surface area contributed by atoms with Gasteiger partial charge in [-0.05, 0) is 42.7 Å². The van der Waals surface area contributed by atoms with Crippen molar-refractivity contribution >= 4 is 5.82 Å². The molecule has 1 heterocycles. The average Bonchev–Trinajstić information content (AvgIpc) is 2.43. The fraction of sp³-hybridized carbons (Fsp3) is 0.267. The molecule has 0 aliphatic rings. The lowest BCUT2D eigenvalue weighted by Crippen LogP contribution is -2.03. The van der Waals surface area contributed by atoms with Crippen LogP contribution in [0.1, 0.15) is 16.7 Å². The Kier molecular flexibility index (Phi) is 4.00. The number of pyridine rings is 1. The Hall–Kier alpha value is -2.10. The first kappa shape index (κ1) is 13.3. The van der Waals surface area contributed by atoms with Gasteiger partial charge in [0.25, 0.3) is 0 Å². The fourth-order valence-electron chi connectivity index (χ4n) is 1.94. The first-order valence-electron chi connectivity index (χ1n) is 6.09. The van der Waals surface area contributed by atoms with Gasteiger partial charge >= 0.3 is 0 Å². The van der Waals surface area contributed by atoms with E-state index in [4.69, 9.17) is 4.74 Å². The molecule has 0 saturated carbocycles. The van der Waals surface area contributed by atoms with Crippen LogP contribution < -0.4 is 10.1 Å². The smallest absolute Gasteiger partial charge is 0.137 e. The van der Waals surface area contributed by atoms with Gasteiger partial charge in [-0.2, -0.15) is 0 Å². The Balaban J connectivity index is 2.05. The van der Waals surface area contributed by atoms with Gasteiger partial charge in [-0.25, -0.2) is 9.37 Å². The van der Waals surface area contributed by atoms with E-state index < -0.39 is 0 Å². The zero-order chi connectivity index (χ0) is 13.8. The number of halogens is 1. The summed E-state index contributed by atoms with van der Waals surface area (Å²) in [7, 11) is 1.61. The van der Waals surface area contributed by atoms with Crippen molar-refractivity contribution in [2.45, 2.75) is 20.4 Å². The zero-order valence-corrected chi connectivity index (χ0v) is 11.3. The molecular weight excluding hydrogens is 243 g/mol. The van der Waals surface area contributed by atoms with Crippen LogP contribution in [0.2, 0.25) is 0 Å². The molecule has 0 fully saturated rings. The Morgan fingerprint density at radius 2 is 1.89 bits per heavy atom. The molecule has 1 N–H and O–H groups in total. The summed E-state index contributed by atoms with van der Waals surface area (Å²) in [5.41, 5.74) is 2.37. The molecule has 4 heteroatoms. The Bertz CT molecular complexity index is 544. The van der Waals surface area contributed by atoms with Gasteiger partial charge in [0, 0.05) is 6.54 Å². The second-order valence-corrected chi connectivity index (χ2v) is 4.48. The highest BCUT2D eigenvalue weighted by molar-refractivity contribution is 5.39. The number of methoxy groups -OCH3 is 1. The van der Waals surface area contributed by atoms with E-state index in [1.807, 2.05) is 24.3 Å². The number of benzene rings is 1. The van der Waals surface area contributed by atoms with Crippen molar-refractivity contribution in [3.05, 3.63) is 53.0 Å². The number of hydrogen-bond donors (Lipinski definition) is 1. The minimum Gasteiger partial charge on any atom is -0.495 e. The molecule has 0 atom stereocenters. The number of aryl methyl sites for hydroxylation is 2. The topological polar surface area (TPSA) is 34.1 Å². The van der Waals surface area contributed by atoms with Crippen LogP contribution in [0, 0.1) is 19.7 Å². The molecule has 100 valence electrons. The molecule has 19 heavy (non-hydrogen) atoms. The van der Waals surface area contributed by atoms with Crippen molar-refractivity contribution in [1.29, 1.82) is 0 Å². The van der Waals surface area contributed by atoms with Gasteiger partial charge in [0.1, 0.15) is 17.4 Å². The van der Waals surface area contributed by atoms with Crippen LogP contribution in [-0.2, 0) is 6.54 Å². The third-order valence-corrected chi connectivity index (χ3v) is 2.94. The van der Waals surface area contributed by atoms with Crippen LogP contribution in [0.3, 0.4) is 0 Å². The molecule has 2 rings (SSSR count). The van der Waals surface area contributed by atoms with Crippen LogP contribution in [0.25, 0.3) is 0 Å². The number of nitrogens with one attached hydrogen (secondary N) is 1. The summed E-state index contributed by atoms with van der Waals surface area (Å²) in [6.45, 7) is 4.16. The van der Waals surface area contributed by atoms with E-state index in [1.54, 1.807) is 27.2 Å². The van der Waals surface area contributed by atoms with Crippen LogP contribution in [0.4, 0.5) is 10.2 Å². The molecular formula is C15H17FN2O. The number of hydrogen-bond acceptors (Lipinski definition) is 3. The molecule has 0 radical (unpaired) electrons. The highest BCUT2D eigenvalue weighted by Gasteiger charge is 2.04. The maximum atomic E-state index is 13.5. The summed E-state index contributed by atoms with van der Waals surface area (Å²) in [6.07, 6.45) is 1.66. The lowest BCUT2D eigenvalue weighted by molar-refractivity contribution is 0.413. The van der Waals surface area contributed by atoms with E-state index in [1.165, 1.54) is 0 Å². The SMILES string of the molecule is COc1ccc(NCc2cc(C)c(F)c(C)c2)nc1. The first-order chi connectivity index (χ1) is 9.10. The van der Waals surface area contributed by atoms with Gasteiger partial charge in [0.15, 0.2) is 0 Å². The minimum absolute atomic E-state index is 0.133. The summed E-state index contributed by atoms with van der Waals surface area (Å²) in [6, 6.07) is 7.39. The molecule has 0 saturated heterocycles. The van der Waals surface area contributed by atoms with Gasteiger partial charge in [0.2, 0.25) is 0 Å². The molecule has 0 unspecified atom stereocenters. The van der Waals surface area contributed by atoms with E-state index in [0.29, 0.717) is 17.7 Å². The molecule has 0 aliphatic heterocycles. The molecule has 1 aromatic heterocycles. The van der Waals surface area contributed by atoms with Crippen molar-refractivity contribution in [2.75, 3.05) is 12.4 Å². The largest absolute Gasteiger partial charge is 0.495 e. The summed E-state index contributed by atoms with van der Waals surface area (Å²) in [5.74, 6) is 1.35. The van der Waals surface area contributed by atoms with E-state index in [2.05, 4.69) is 10.3 Å². The van der Waals surface area contributed by atoms with Crippen molar-refractivity contribution in [3.63, 3.8) is 0 Å². The molecule has 1 aromatic carbocycles. The van der Waals surface area contributed by atoms with Gasteiger partial charge in [-0.3, -0.25) is 0 Å². The van der Waals surface area contributed by atoms with Crippen LogP contribution in [0.15, 0.2) is 30.5 Å². The normalized spacial score (nSPS) is 10.3. The highest BCUT2D eigenvalue weighted by atomic mass is 19.1. The second-order valence-electron chi connectivity index (χ2n) is 4.48. The van der Waals surface area contributed by atoms with Gasteiger partial charge in [-0.15, -0.1) is 0 Å². The maximum absolute atomic E-state index is 13.5. The number of rotatable bonds is 4. The van der Waals surface area contributed by atoms with Crippen molar-refractivity contribution in [2.24, 2.45) is 0 Å². The van der Waals surface area contributed by atoms with Gasteiger partial charge < -0.3 is 10.1 Å². The Morgan fingerprint density at radius 3 is 2.42 bits per heavy atom. The number of aromatic nitrogens is 1. The standard InChI is InChI=1S/C15H17FN2O/c1-10-6-12(7-11(2)15(10)16)8-17-14-5-4-13(19-3)9-18-14/h4-7,9H,8H2,1-3H3,(H,17,18). The first-order valence-corrected chi connectivity index (χ1v) is 6.09. The van der Waals surface area contributed by atoms with E-state index >= 15 is 0 Å². The molecule has 0 aliphatic carbocycles. The molecule has 3 nitrogen and oxygen atoms in total. The van der Waals surface area contributed by atoms with Crippen LogP contribution in [0.5, 0.6) is 5.75 Å². The fourth-order valence-corrected chi connectivity index (χ4v) is 1.94. The van der Waals surface area contributed by atoms with Crippen molar-refractivity contribution in [3.8, 4) is 5.75 Å². The third kappa shape index (κ3) is 3.22. The number of ether oxygens (including phenoxy) is 1. The molecule has 0 spiro atoms. The second kappa shape index (κ2) is 5.69. The van der Waals surface area contributed by atoms with E-state index in [0.717, 1.165) is 17.1 Å². The third-order valence-electron chi connectivity index (χ3n) is 2.94. The van der Waals surface area contributed by atoms with E-state index in [-0.39, 0.29) is 5.82 Å². The molecule has 2 aromatic rings. The predicted molar refractivity (Wildman–Crippen MR) is 74.0 cm³/mol. The Morgan fingerprint density at radius 1 is 1.21 bits per heavy atom. The minimum atomic E-state index is -0.133. The number of nitrogens with zero attached hydrogens (tertiary/aromatic N) is 1. The maximum Gasteiger partial charge on any atom is 0.137 e. The summed E-state index contributed by atoms with van der Waals surface area (Å²) in [5, 5.41) is 3.20. The molecule has 0 bridgehead atoms. The quantitative estimate of drug-likeness (QED) is 0.914. The average molecular weight is 260 g/mol. The number of anilines is 1. The van der Waals surface area contributed by atoms with Gasteiger partial charge in [-0.1, -0.05) is 12.1 Å². The zero-order valence-electron chi connectivity index (χ0n) is 11.3. The van der Waals surface area contributed by atoms with Crippen LogP contribution in [-0.4, -0.2) is 12.1 Å². The monoisotopic (exact) mass is 260 g/mol. The van der Waals surface area contributed by atoms with Crippen LogP contribution >= 0.6 is 0 Å². The Labute approximate surface area is 112 Å². The van der Waals surface area contributed by atoms with Crippen molar-refractivity contribution in [1.82, 2.24) is 4.98 Å². The molecule has 0 amide bonds. The van der Waals surface area contributed by atoms with Crippen molar-refractivity contribution < 1.29 is 9.13 Å². The van der Waals surface area contributed by atoms with E-state index in [9.17, 15) is 4.39 Å². The summed E-state index contributed by atoms with van der Waals surface area (Å²) < 4.78 is 18.6. The lowest BCUT2D eigenvalue weighted by atomic mass is 10.1. The summed E-state index contributed by atoms with van der Waals surface area (Å²) in [4.78, 5) is 4.22. The lowest BCUT2D eigenvalue weighted by Gasteiger charge is -2.09. The summed E-state index contributed by atoms with van der Waals surface area (Å²) >= 11 is 0. The highest BCUT2D eigenvalue weighted by Crippen LogP contribution is 2.16. The predicted octanol–water partition coefficient (Wildman–Crippen LogP) is 3.46. The van der Waals surface area contributed by atoms with Gasteiger partial charge in [0.05, 0.1) is 13.3 Å².